The first-order valence-corrected chi connectivity index (χ1v) is 14.5. The number of aromatic nitrogens is 3. The first kappa shape index (κ1) is 28.8. The summed E-state index contributed by atoms with van der Waals surface area (Å²) in [7, 11) is 0. The topological polar surface area (TPSA) is 142 Å². The van der Waals surface area contributed by atoms with Crippen LogP contribution in [0.3, 0.4) is 0 Å². The fourth-order valence-electron chi connectivity index (χ4n) is 6.27. The number of amides is 2. The predicted octanol–water partition coefficient (Wildman–Crippen LogP) is 2.51. The van der Waals surface area contributed by atoms with E-state index in [0.29, 0.717) is 28.6 Å². The van der Waals surface area contributed by atoms with E-state index >= 15 is 0 Å². The van der Waals surface area contributed by atoms with Crippen LogP contribution >= 0.6 is 0 Å². The summed E-state index contributed by atoms with van der Waals surface area (Å²) in [5, 5.41) is 35.1. The van der Waals surface area contributed by atoms with Gasteiger partial charge in [0.1, 0.15) is 11.9 Å². The number of likely N-dealkylation sites (tertiary alicyclic amines) is 1. The van der Waals surface area contributed by atoms with Gasteiger partial charge >= 0.3 is 0 Å². The number of halogens is 2. The molecule has 2 aromatic heterocycles. The van der Waals surface area contributed by atoms with Crippen LogP contribution in [0.15, 0.2) is 53.6 Å². The van der Waals surface area contributed by atoms with Crippen molar-refractivity contribution in [1.82, 2.24) is 30.4 Å². The van der Waals surface area contributed by atoms with Crippen LogP contribution in [0.25, 0.3) is 5.70 Å². The third-order valence-electron chi connectivity index (χ3n) is 8.67. The highest BCUT2D eigenvalue weighted by Crippen LogP contribution is 2.35. The van der Waals surface area contributed by atoms with Gasteiger partial charge in [-0.3, -0.25) is 19.5 Å². The van der Waals surface area contributed by atoms with E-state index in [-0.39, 0.29) is 34.5 Å². The molecule has 4 aliphatic rings. The number of nitrogens with zero attached hydrogens (tertiary/aromatic N) is 6. The van der Waals surface area contributed by atoms with Gasteiger partial charge in [-0.05, 0) is 49.8 Å². The summed E-state index contributed by atoms with van der Waals surface area (Å²) in [6.07, 6.45) is 10.3. The minimum Gasteiger partial charge on any atom is -0.619 e. The number of hydrogen-bond donors (Lipinski definition) is 3. The van der Waals surface area contributed by atoms with Gasteiger partial charge in [0.05, 0.1) is 41.7 Å². The number of nitrogens with one attached hydrogen (secondary N) is 2. The summed E-state index contributed by atoms with van der Waals surface area (Å²) < 4.78 is 29.0. The zero-order valence-electron chi connectivity index (χ0n) is 23.9. The van der Waals surface area contributed by atoms with Crippen LogP contribution in [0.1, 0.15) is 65.9 Å². The van der Waals surface area contributed by atoms with Gasteiger partial charge in [0.15, 0.2) is 18.2 Å². The van der Waals surface area contributed by atoms with Crippen LogP contribution < -0.4 is 15.4 Å². The Bertz CT molecular complexity index is 1520. The molecule has 2 atom stereocenters. The fraction of sp³-hybridized carbons (Fsp3) is 0.483. The Morgan fingerprint density at radius 2 is 1.98 bits per heavy atom. The second-order valence-electron chi connectivity index (χ2n) is 11.7. The molecular formula is C29H34F2N8O4. The quantitative estimate of drug-likeness (QED) is 0.329. The Morgan fingerprint density at radius 1 is 1.23 bits per heavy atom. The Kier molecular flexibility index (Phi) is 7.40. The lowest BCUT2D eigenvalue weighted by molar-refractivity contribution is -0.605. The highest BCUT2D eigenvalue weighted by Gasteiger charge is 2.47. The third kappa shape index (κ3) is 5.46. The van der Waals surface area contributed by atoms with Crippen molar-refractivity contribution in [2.24, 2.45) is 16.8 Å². The van der Waals surface area contributed by atoms with Crippen molar-refractivity contribution in [3.8, 4) is 0 Å². The summed E-state index contributed by atoms with van der Waals surface area (Å²) in [4.78, 5) is 32.2. The normalized spacial score (nSPS) is 25.0. The molecule has 1 saturated heterocycles. The molecule has 2 amide bonds. The van der Waals surface area contributed by atoms with Gasteiger partial charge < -0.3 is 20.7 Å². The van der Waals surface area contributed by atoms with Gasteiger partial charge in [0.2, 0.25) is 0 Å². The lowest BCUT2D eigenvalue weighted by Crippen LogP contribution is -2.58. The van der Waals surface area contributed by atoms with Gasteiger partial charge in [-0.1, -0.05) is 19.8 Å². The van der Waals surface area contributed by atoms with Crippen LogP contribution in [-0.2, 0) is 6.54 Å². The largest absolute Gasteiger partial charge is 0.619 e. The maximum atomic E-state index is 13.5. The van der Waals surface area contributed by atoms with E-state index in [4.69, 9.17) is 4.99 Å². The van der Waals surface area contributed by atoms with Crippen molar-refractivity contribution in [2.75, 3.05) is 13.1 Å². The third-order valence-corrected chi connectivity index (χ3v) is 8.67. The molecule has 6 rings (SSSR count). The molecule has 1 saturated carbocycles. The number of alkyl halides is 2. The smallest absolute Gasteiger partial charge is 0.282 e. The molecule has 2 aromatic rings. The van der Waals surface area contributed by atoms with E-state index in [0.717, 1.165) is 48.0 Å². The number of aryl methyl sites for hydroxylation is 1. The molecule has 2 fully saturated rings. The molecule has 0 bridgehead atoms. The lowest BCUT2D eigenvalue weighted by Gasteiger charge is -2.39. The maximum Gasteiger partial charge on any atom is 0.282 e. The molecule has 43 heavy (non-hydrogen) atoms. The number of carbonyl (C=O) groups is 2. The average molecular weight is 597 g/mol. The van der Waals surface area contributed by atoms with E-state index in [2.05, 4.69) is 22.7 Å². The Morgan fingerprint density at radius 3 is 2.67 bits per heavy atom. The predicted molar refractivity (Wildman–Crippen MR) is 151 cm³/mol. The Balaban J connectivity index is 1.28. The summed E-state index contributed by atoms with van der Waals surface area (Å²) in [6.45, 7) is 3.24. The molecule has 0 spiro atoms. The molecule has 0 aromatic carbocycles. The second-order valence-corrected chi connectivity index (χ2v) is 11.7. The van der Waals surface area contributed by atoms with Crippen molar-refractivity contribution in [1.29, 1.82) is 0 Å². The van der Waals surface area contributed by atoms with E-state index in [9.17, 15) is 28.8 Å². The Hall–Kier alpha value is -4.33. The monoisotopic (exact) mass is 596 g/mol. The van der Waals surface area contributed by atoms with Crippen molar-refractivity contribution in [3.63, 3.8) is 0 Å². The first-order chi connectivity index (χ1) is 20.5. The highest BCUT2D eigenvalue weighted by atomic mass is 19.3. The van der Waals surface area contributed by atoms with E-state index in [1.54, 1.807) is 23.0 Å². The molecule has 2 unspecified atom stereocenters. The lowest BCUT2D eigenvalue weighted by atomic mass is 9.78. The fourth-order valence-corrected chi connectivity index (χ4v) is 6.27. The summed E-state index contributed by atoms with van der Waals surface area (Å²) >= 11 is 0. The number of aliphatic imine (C=N–C) groups is 1. The standard InChI is InChI=1S/C29H34F2N8O4/c1-3-38-23(10-12-32-38)27(40)34-24(18-6-4-17(2)5-7-18)25-33-21-8-9-22(39(43)26(21)35-25)20-14-37(42)13-11-19(20)28(41)36-15-29(30,31)16-36/h8-14,17-18,24-25,33,43H,3-7,15-16H2,1-2H3,(H,34,40). The number of amidine groups is 1. The first-order valence-electron chi connectivity index (χ1n) is 14.5. The van der Waals surface area contributed by atoms with E-state index in [1.165, 1.54) is 12.1 Å². The van der Waals surface area contributed by atoms with Gasteiger partial charge in [0, 0.05) is 18.8 Å². The van der Waals surface area contributed by atoms with Crippen molar-refractivity contribution in [2.45, 2.75) is 64.2 Å². The number of hydroxylamine groups is 2. The number of allylic oxidation sites excluding steroid dienone is 2. The summed E-state index contributed by atoms with van der Waals surface area (Å²) in [5.41, 5.74) is 1.10. The molecule has 3 N–H and O–H groups in total. The number of pyridine rings is 1. The molecule has 0 radical (unpaired) electrons. The van der Waals surface area contributed by atoms with Crippen molar-refractivity contribution >= 4 is 23.3 Å². The number of hydrogen-bond acceptors (Lipinski definition) is 8. The zero-order valence-corrected chi connectivity index (χ0v) is 23.9. The molecule has 1 aliphatic carbocycles. The maximum absolute atomic E-state index is 13.5. The van der Waals surface area contributed by atoms with Crippen LogP contribution in [0.2, 0.25) is 0 Å². The van der Waals surface area contributed by atoms with Gasteiger partial charge in [-0.2, -0.15) is 9.83 Å². The number of rotatable bonds is 7. The highest BCUT2D eigenvalue weighted by molar-refractivity contribution is 6.07. The van der Waals surface area contributed by atoms with Crippen LogP contribution in [0, 0.1) is 17.0 Å². The Labute approximate surface area is 246 Å². The van der Waals surface area contributed by atoms with Crippen LogP contribution in [-0.4, -0.2) is 73.8 Å². The van der Waals surface area contributed by atoms with Gasteiger partial charge in [0.25, 0.3) is 17.7 Å². The molecule has 12 nitrogen and oxygen atoms in total. The van der Waals surface area contributed by atoms with E-state index < -0.39 is 37.1 Å². The second kappa shape index (κ2) is 11.1. The molecule has 3 aliphatic heterocycles. The summed E-state index contributed by atoms with van der Waals surface area (Å²) in [5.74, 6) is -3.01. The molecule has 5 heterocycles. The minimum atomic E-state index is -2.95. The van der Waals surface area contributed by atoms with Crippen LogP contribution in [0.4, 0.5) is 8.78 Å². The van der Waals surface area contributed by atoms with Crippen molar-refractivity contribution in [3.05, 3.63) is 70.6 Å². The van der Waals surface area contributed by atoms with Crippen molar-refractivity contribution < 1.29 is 28.3 Å². The van der Waals surface area contributed by atoms with E-state index in [1.807, 2.05) is 6.92 Å². The van der Waals surface area contributed by atoms with Gasteiger partial charge in [-0.25, -0.2) is 18.8 Å². The zero-order chi connectivity index (χ0) is 30.5. The number of carbonyl (C=O) groups excluding carboxylic acids is 2. The molecular weight excluding hydrogens is 562 g/mol. The number of fused-ring (bicyclic) bond motifs is 1. The SMILES string of the molecule is CCn1nccc1C(=O)NC(C1CCC(C)CC1)C1N=C2C(=CC=C(c3c[n+]([O-])ccc3C(=O)N3CC(F)(F)C3)N2O)N1. The minimum absolute atomic E-state index is 0.00172. The average Bonchev–Trinajstić information content (AvgIpc) is 3.63. The summed E-state index contributed by atoms with van der Waals surface area (Å²) in [6, 6.07) is 2.52. The van der Waals surface area contributed by atoms with Gasteiger partial charge in [-0.15, -0.1) is 0 Å². The molecule has 228 valence electrons. The molecule has 14 heteroatoms. The van der Waals surface area contributed by atoms with Crippen LogP contribution in [0.5, 0.6) is 0 Å².